The molecule has 9 heteroatoms. The topological polar surface area (TPSA) is 131 Å². The van der Waals surface area contributed by atoms with Gasteiger partial charge < -0.3 is 30.3 Å². The maximum atomic E-state index is 11.4. The number of carbonyl (C=O) groups is 1. The Morgan fingerprint density at radius 2 is 1.79 bits per heavy atom. The summed E-state index contributed by atoms with van der Waals surface area (Å²) >= 11 is 6.01. The first-order chi connectivity index (χ1) is 12.9. The number of carboxylic acid groups (broad SMARTS) is 1. The van der Waals surface area contributed by atoms with Gasteiger partial charge in [0.15, 0.2) is 6.10 Å². The van der Waals surface area contributed by atoms with Crippen LogP contribution < -0.4 is 0 Å². The number of benzene rings is 1. The van der Waals surface area contributed by atoms with Gasteiger partial charge in [-0.25, -0.2) is 4.79 Å². The molecule has 1 aliphatic rings. The Kier molecular flexibility index (Phi) is 7.09. The van der Waals surface area contributed by atoms with Crippen LogP contribution in [0.1, 0.15) is 39.4 Å². The highest BCUT2D eigenvalue weighted by molar-refractivity contribution is 6.30. The number of ether oxygens (including phenoxy) is 1. The van der Waals surface area contributed by atoms with Crippen LogP contribution >= 0.6 is 11.6 Å². The first-order valence-corrected chi connectivity index (χ1v) is 9.38. The van der Waals surface area contributed by atoms with E-state index in [-0.39, 0.29) is 0 Å². The SMILES string of the molecule is C[C@H](C(O)c1cccc(Cl)c1)N([C@@H]1O[C@H](C(=O)O)[C@@H](O)[C@H](O)[C@H]1O)C(C)(C)C. The highest BCUT2D eigenvalue weighted by Crippen LogP contribution is 2.34. The van der Waals surface area contributed by atoms with Crippen molar-refractivity contribution in [3.8, 4) is 0 Å². The lowest BCUT2D eigenvalue weighted by atomic mass is 9.91. The molecule has 0 amide bonds. The van der Waals surface area contributed by atoms with E-state index < -0.39 is 54.3 Å². The van der Waals surface area contributed by atoms with E-state index in [1.54, 1.807) is 56.9 Å². The third-order valence-electron chi connectivity index (χ3n) is 4.97. The van der Waals surface area contributed by atoms with Gasteiger partial charge >= 0.3 is 5.97 Å². The molecule has 0 aliphatic carbocycles. The zero-order chi connectivity index (χ0) is 21.4. The standard InChI is InChI=1S/C19H28ClNO7/c1-9(12(22)10-6-5-7-11(20)8-10)21(19(2,3)4)17-15(25)13(23)14(24)16(28-17)18(26)27/h5-9,12-17,22-25H,1-4H3,(H,26,27)/t9-,12?,13+,14+,15-,16+,17-/m1/s1. The molecule has 0 bridgehead atoms. The van der Waals surface area contributed by atoms with Crippen molar-refractivity contribution in [2.75, 3.05) is 0 Å². The Balaban J connectivity index is 2.41. The molecule has 1 aliphatic heterocycles. The van der Waals surface area contributed by atoms with Gasteiger partial charge in [0.2, 0.25) is 0 Å². The minimum atomic E-state index is -1.78. The first-order valence-electron chi connectivity index (χ1n) is 9.00. The second-order valence-corrected chi connectivity index (χ2v) is 8.51. The molecule has 1 saturated heterocycles. The van der Waals surface area contributed by atoms with E-state index in [2.05, 4.69) is 0 Å². The lowest BCUT2D eigenvalue weighted by Gasteiger charge is -2.51. The summed E-state index contributed by atoms with van der Waals surface area (Å²) in [6.45, 7) is 7.10. The highest BCUT2D eigenvalue weighted by Gasteiger charge is 2.52. The van der Waals surface area contributed by atoms with Crippen molar-refractivity contribution in [3.05, 3.63) is 34.9 Å². The van der Waals surface area contributed by atoms with Gasteiger partial charge in [-0.2, -0.15) is 0 Å². The molecule has 1 fully saturated rings. The van der Waals surface area contributed by atoms with Gasteiger partial charge in [0.05, 0.1) is 6.10 Å². The van der Waals surface area contributed by atoms with Crippen molar-refractivity contribution in [1.82, 2.24) is 4.90 Å². The van der Waals surface area contributed by atoms with E-state index in [1.807, 2.05) is 0 Å². The third kappa shape index (κ3) is 4.65. The molecule has 8 nitrogen and oxygen atoms in total. The molecular weight excluding hydrogens is 390 g/mol. The number of halogens is 1. The van der Waals surface area contributed by atoms with Crippen LogP contribution in [0.3, 0.4) is 0 Å². The second-order valence-electron chi connectivity index (χ2n) is 8.08. The van der Waals surface area contributed by atoms with Crippen LogP contribution in [0.2, 0.25) is 5.02 Å². The van der Waals surface area contributed by atoms with E-state index in [9.17, 15) is 30.3 Å². The van der Waals surface area contributed by atoms with Crippen molar-refractivity contribution in [2.24, 2.45) is 0 Å². The molecule has 0 aromatic heterocycles. The van der Waals surface area contributed by atoms with Gasteiger partial charge in [0.25, 0.3) is 0 Å². The summed E-state index contributed by atoms with van der Waals surface area (Å²) in [5.74, 6) is -1.46. The van der Waals surface area contributed by atoms with Crippen LogP contribution in [0, 0.1) is 0 Å². The van der Waals surface area contributed by atoms with Crippen LogP contribution in [-0.4, -0.2) is 78.6 Å². The molecule has 0 saturated carbocycles. The van der Waals surface area contributed by atoms with E-state index in [0.29, 0.717) is 10.6 Å². The molecular formula is C19H28ClNO7. The van der Waals surface area contributed by atoms with E-state index in [4.69, 9.17) is 16.3 Å². The molecule has 0 radical (unpaired) electrons. The fraction of sp³-hybridized carbons (Fsp3) is 0.632. The summed E-state index contributed by atoms with van der Waals surface area (Å²) < 4.78 is 5.49. The monoisotopic (exact) mass is 417 g/mol. The molecule has 7 atom stereocenters. The van der Waals surface area contributed by atoms with E-state index in [1.165, 1.54) is 0 Å². The van der Waals surface area contributed by atoms with Crippen molar-refractivity contribution < 1.29 is 35.1 Å². The first kappa shape index (κ1) is 23.0. The number of rotatable bonds is 5. The average Bonchev–Trinajstić information content (AvgIpc) is 2.59. The Morgan fingerprint density at radius 1 is 1.18 bits per heavy atom. The molecule has 2 rings (SSSR count). The number of hydrogen-bond acceptors (Lipinski definition) is 7. The van der Waals surface area contributed by atoms with Crippen LogP contribution in [0.5, 0.6) is 0 Å². The molecule has 28 heavy (non-hydrogen) atoms. The molecule has 0 spiro atoms. The summed E-state index contributed by atoms with van der Waals surface area (Å²) in [4.78, 5) is 13.0. The maximum absolute atomic E-state index is 11.4. The van der Waals surface area contributed by atoms with Gasteiger partial charge in [-0.15, -0.1) is 0 Å². The minimum absolute atomic E-state index is 0.449. The van der Waals surface area contributed by atoms with Crippen LogP contribution in [0.4, 0.5) is 0 Å². The van der Waals surface area contributed by atoms with Crippen molar-refractivity contribution in [3.63, 3.8) is 0 Å². The van der Waals surface area contributed by atoms with Gasteiger partial charge in [-0.1, -0.05) is 23.7 Å². The van der Waals surface area contributed by atoms with Crippen molar-refractivity contribution >= 4 is 17.6 Å². The average molecular weight is 418 g/mol. The quantitative estimate of drug-likeness (QED) is 0.474. The zero-order valence-electron chi connectivity index (χ0n) is 16.2. The lowest BCUT2D eigenvalue weighted by molar-refractivity contribution is -0.278. The maximum Gasteiger partial charge on any atom is 0.335 e. The smallest absolute Gasteiger partial charge is 0.335 e. The summed E-state index contributed by atoms with van der Waals surface area (Å²) in [7, 11) is 0. The van der Waals surface area contributed by atoms with Crippen LogP contribution in [-0.2, 0) is 9.53 Å². The Bertz CT molecular complexity index is 695. The molecule has 1 heterocycles. The minimum Gasteiger partial charge on any atom is -0.479 e. The second kappa shape index (κ2) is 8.62. The summed E-state index contributed by atoms with van der Waals surface area (Å²) in [6, 6.07) is 6.02. The molecule has 158 valence electrons. The van der Waals surface area contributed by atoms with Crippen molar-refractivity contribution in [2.45, 2.75) is 76.0 Å². The summed E-state index contributed by atoms with van der Waals surface area (Å²) in [5.41, 5.74) is -0.162. The Morgan fingerprint density at radius 3 is 2.29 bits per heavy atom. The number of nitrogens with zero attached hydrogens (tertiary/aromatic N) is 1. The van der Waals surface area contributed by atoms with E-state index >= 15 is 0 Å². The fourth-order valence-corrected chi connectivity index (χ4v) is 3.84. The number of hydrogen-bond donors (Lipinski definition) is 5. The molecule has 5 N–H and O–H groups in total. The Labute approximate surface area is 168 Å². The molecule has 1 aromatic carbocycles. The zero-order valence-corrected chi connectivity index (χ0v) is 17.0. The predicted molar refractivity (Wildman–Crippen MR) is 102 cm³/mol. The third-order valence-corrected chi connectivity index (χ3v) is 5.20. The van der Waals surface area contributed by atoms with Crippen LogP contribution in [0.25, 0.3) is 0 Å². The molecule has 1 aromatic rings. The highest BCUT2D eigenvalue weighted by atomic mass is 35.5. The summed E-state index contributed by atoms with van der Waals surface area (Å²) in [5, 5.41) is 51.3. The normalized spacial score (nSPS) is 30.9. The fourth-order valence-electron chi connectivity index (χ4n) is 3.64. The van der Waals surface area contributed by atoms with Gasteiger partial charge in [-0.05, 0) is 45.4 Å². The van der Waals surface area contributed by atoms with E-state index in [0.717, 1.165) is 0 Å². The molecule has 1 unspecified atom stereocenters. The number of carboxylic acids is 1. The van der Waals surface area contributed by atoms with Gasteiger partial charge in [0, 0.05) is 16.6 Å². The predicted octanol–water partition coefficient (Wildman–Crippen LogP) is 0.755. The lowest BCUT2D eigenvalue weighted by Crippen LogP contribution is -2.68. The largest absolute Gasteiger partial charge is 0.479 e. The number of aliphatic carboxylic acids is 1. The summed E-state index contributed by atoms with van der Waals surface area (Å²) in [6.07, 6.45) is -9.12. The number of aliphatic hydroxyl groups is 4. The van der Waals surface area contributed by atoms with Gasteiger partial charge in [0.1, 0.15) is 24.5 Å². The van der Waals surface area contributed by atoms with Gasteiger partial charge in [-0.3, -0.25) is 4.90 Å². The number of aliphatic hydroxyl groups excluding tert-OH is 4. The van der Waals surface area contributed by atoms with Crippen LogP contribution in [0.15, 0.2) is 24.3 Å². The Hall–Kier alpha value is -1.26. The van der Waals surface area contributed by atoms with Crippen molar-refractivity contribution in [1.29, 1.82) is 0 Å².